The lowest BCUT2D eigenvalue weighted by atomic mass is 9.99. The summed E-state index contributed by atoms with van der Waals surface area (Å²) in [5.41, 5.74) is 5.19. The zero-order chi connectivity index (χ0) is 13.9. The molecule has 1 fully saturated rings. The van der Waals surface area contributed by atoms with Gasteiger partial charge in [-0.05, 0) is 70.8 Å². The number of hydrogen-bond donors (Lipinski definition) is 2. The first kappa shape index (κ1) is 13.9. The van der Waals surface area contributed by atoms with E-state index in [0.29, 0.717) is 6.10 Å². The van der Waals surface area contributed by atoms with Crippen molar-refractivity contribution in [3.8, 4) is 5.75 Å². The van der Waals surface area contributed by atoms with E-state index in [0.717, 1.165) is 16.9 Å². The van der Waals surface area contributed by atoms with Gasteiger partial charge < -0.3 is 4.74 Å². The standard InChI is InChI=1S/C16H17IN2O/c17-13-3-1-2-12(10-13)16(19-18)11-4-6-14(7-5-11)20-15-8-9-15/h1-7,10,15-16,19H,8-9,18H2. The van der Waals surface area contributed by atoms with Crippen LogP contribution in [-0.4, -0.2) is 6.10 Å². The fourth-order valence-corrected chi connectivity index (χ4v) is 2.76. The monoisotopic (exact) mass is 380 g/mol. The van der Waals surface area contributed by atoms with Crippen molar-refractivity contribution in [3.05, 3.63) is 63.2 Å². The number of hydrogen-bond acceptors (Lipinski definition) is 3. The fourth-order valence-electron chi connectivity index (χ4n) is 2.19. The Labute approximate surface area is 132 Å². The molecule has 1 unspecified atom stereocenters. The number of ether oxygens (including phenoxy) is 1. The van der Waals surface area contributed by atoms with Crippen molar-refractivity contribution in [2.75, 3.05) is 0 Å². The first-order chi connectivity index (χ1) is 9.76. The van der Waals surface area contributed by atoms with Crippen LogP contribution in [0.5, 0.6) is 5.75 Å². The predicted octanol–water partition coefficient (Wildman–Crippen LogP) is 3.39. The number of halogens is 1. The van der Waals surface area contributed by atoms with E-state index in [1.54, 1.807) is 0 Å². The zero-order valence-electron chi connectivity index (χ0n) is 11.1. The summed E-state index contributed by atoms with van der Waals surface area (Å²) >= 11 is 2.31. The van der Waals surface area contributed by atoms with Crippen LogP contribution in [-0.2, 0) is 0 Å². The van der Waals surface area contributed by atoms with Crippen molar-refractivity contribution in [1.29, 1.82) is 0 Å². The van der Waals surface area contributed by atoms with Gasteiger partial charge >= 0.3 is 0 Å². The van der Waals surface area contributed by atoms with Gasteiger partial charge in [-0.2, -0.15) is 0 Å². The predicted molar refractivity (Wildman–Crippen MR) is 88.4 cm³/mol. The van der Waals surface area contributed by atoms with Gasteiger partial charge in [-0.1, -0.05) is 24.3 Å². The van der Waals surface area contributed by atoms with Crippen molar-refractivity contribution in [2.45, 2.75) is 25.0 Å². The lowest BCUT2D eigenvalue weighted by molar-refractivity contribution is 0.303. The van der Waals surface area contributed by atoms with E-state index < -0.39 is 0 Å². The van der Waals surface area contributed by atoms with Gasteiger partial charge in [0.2, 0.25) is 0 Å². The fraction of sp³-hybridized carbons (Fsp3) is 0.250. The van der Waals surface area contributed by atoms with E-state index in [9.17, 15) is 0 Å². The molecule has 0 amide bonds. The van der Waals surface area contributed by atoms with E-state index in [1.165, 1.54) is 16.4 Å². The number of benzene rings is 2. The van der Waals surface area contributed by atoms with Crippen molar-refractivity contribution in [2.24, 2.45) is 5.84 Å². The molecule has 3 nitrogen and oxygen atoms in total. The molecule has 1 aliphatic carbocycles. The van der Waals surface area contributed by atoms with Crippen molar-refractivity contribution in [3.63, 3.8) is 0 Å². The maximum absolute atomic E-state index is 5.77. The molecule has 1 atom stereocenters. The highest BCUT2D eigenvalue weighted by Gasteiger charge is 2.23. The minimum absolute atomic E-state index is 0.000286. The zero-order valence-corrected chi connectivity index (χ0v) is 13.2. The highest BCUT2D eigenvalue weighted by molar-refractivity contribution is 14.1. The number of rotatable bonds is 5. The molecule has 3 N–H and O–H groups in total. The van der Waals surface area contributed by atoms with Crippen molar-refractivity contribution in [1.82, 2.24) is 5.43 Å². The van der Waals surface area contributed by atoms with E-state index in [2.05, 4.69) is 58.3 Å². The van der Waals surface area contributed by atoms with Gasteiger partial charge in [0.1, 0.15) is 5.75 Å². The molecule has 0 heterocycles. The van der Waals surface area contributed by atoms with Gasteiger partial charge in [-0.15, -0.1) is 0 Å². The molecule has 2 aromatic rings. The van der Waals surface area contributed by atoms with Crippen LogP contribution in [0.1, 0.15) is 30.0 Å². The van der Waals surface area contributed by atoms with Gasteiger partial charge in [0.25, 0.3) is 0 Å². The molecule has 1 saturated carbocycles. The largest absolute Gasteiger partial charge is 0.490 e. The normalized spacial score (nSPS) is 15.9. The van der Waals surface area contributed by atoms with Crippen LogP contribution in [0.25, 0.3) is 0 Å². The minimum atomic E-state index is -0.000286. The Morgan fingerprint density at radius 3 is 2.45 bits per heavy atom. The second-order valence-corrected chi connectivity index (χ2v) is 6.29. The highest BCUT2D eigenvalue weighted by atomic mass is 127. The lowest BCUT2D eigenvalue weighted by Crippen LogP contribution is -2.28. The maximum atomic E-state index is 5.77. The first-order valence-corrected chi connectivity index (χ1v) is 7.82. The average Bonchev–Trinajstić information content (AvgIpc) is 3.26. The smallest absolute Gasteiger partial charge is 0.119 e. The van der Waals surface area contributed by atoms with Crippen LogP contribution < -0.4 is 16.0 Å². The molecular weight excluding hydrogens is 363 g/mol. The number of nitrogens with one attached hydrogen (secondary N) is 1. The molecule has 20 heavy (non-hydrogen) atoms. The Morgan fingerprint density at radius 2 is 1.85 bits per heavy atom. The Morgan fingerprint density at radius 1 is 1.10 bits per heavy atom. The van der Waals surface area contributed by atoms with Crippen molar-refractivity contribution < 1.29 is 4.74 Å². The summed E-state index contributed by atoms with van der Waals surface area (Å²) in [6.45, 7) is 0. The second-order valence-electron chi connectivity index (χ2n) is 5.04. The Bertz CT molecular complexity index is 581. The summed E-state index contributed by atoms with van der Waals surface area (Å²) in [4.78, 5) is 0. The SMILES string of the molecule is NNC(c1ccc(OC2CC2)cc1)c1cccc(I)c1. The van der Waals surface area contributed by atoms with Gasteiger partial charge in [-0.25, -0.2) is 5.43 Å². The van der Waals surface area contributed by atoms with Crippen LogP contribution in [0.15, 0.2) is 48.5 Å². The Kier molecular flexibility index (Phi) is 4.24. The molecule has 2 aromatic carbocycles. The summed E-state index contributed by atoms with van der Waals surface area (Å²) in [7, 11) is 0. The Hall–Kier alpha value is -1.11. The molecule has 0 bridgehead atoms. The van der Waals surface area contributed by atoms with Crippen LogP contribution in [0.2, 0.25) is 0 Å². The van der Waals surface area contributed by atoms with Crippen LogP contribution >= 0.6 is 22.6 Å². The van der Waals surface area contributed by atoms with Gasteiger partial charge in [-0.3, -0.25) is 5.84 Å². The lowest BCUT2D eigenvalue weighted by Gasteiger charge is -2.17. The third-order valence-corrected chi connectivity index (χ3v) is 4.06. The van der Waals surface area contributed by atoms with Crippen LogP contribution in [0.4, 0.5) is 0 Å². The molecule has 3 rings (SSSR count). The van der Waals surface area contributed by atoms with E-state index in [4.69, 9.17) is 10.6 Å². The molecular formula is C16H17IN2O. The summed E-state index contributed by atoms with van der Waals surface area (Å²) in [5.74, 6) is 6.67. The summed E-state index contributed by atoms with van der Waals surface area (Å²) in [6.07, 6.45) is 2.79. The second kappa shape index (κ2) is 6.11. The van der Waals surface area contributed by atoms with E-state index in [1.807, 2.05) is 18.2 Å². The van der Waals surface area contributed by atoms with Gasteiger partial charge in [0.05, 0.1) is 12.1 Å². The number of hydrazine groups is 1. The minimum Gasteiger partial charge on any atom is -0.490 e. The quantitative estimate of drug-likeness (QED) is 0.475. The molecule has 4 heteroatoms. The molecule has 0 saturated heterocycles. The average molecular weight is 380 g/mol. The molecule has 1 aliphatic rings. The topological polar surface area (TPSA) is 47.3 Å². The van der Waals surface area contributed by atoms with Crippen LogP contribution in [0.3, 0.4) is 0 Å². The van der Waals surface area contributed by atoms with Gasteiger partial charge in [0, 0.05) is 3.57 Å². The first-order valence-electron chi connectivity index (χ1n) is 6.74. The highest BCUT2D eigenvalue weighted by Crippen LogP contribution is 2.29. The number of nitrogens with two attached hydrogens (primary N) is 1. The molecule has 0 radical (unpaired) electrons. The van der Waals surface area contributed by atoms with Crippen LogP contribution in [0, 0.1) is 3.57 Å². The summed E-state index contributed by atoms with van der Waals surface area (Å²) in [5, 5.41) is 0. The molecule has 0 spiro atoms. The Balaban J connectivity index is 1.81. The maximum Gasteiger partial charge on any atom is 0.119 e. The summed E-state index contributed by atoms with van der Waals surface area (Å²) in [6, 6.07) is 16.5. The molecule has 0 aromatic heterocycles. The third-order valence-electron chi connectivity index (χ3n) is 3.39. The van der Waals surface area contributed by atoms with Gasteiger partial charge in [0.15, 0.2) is 0 Å². The van der Waals surface area contributed by atoms with E-state index in [-0.39, 0.29) is 6.04 Å². The molecule has 104 valence electrons. The third kappa shape index (κ3) is 3.31. The van der Waals surface area contributed by atoms with Crippen molar-refractivity contribution >= 4 is 22.6 Å². The summed E-state index contributed by atoms with van der Waals surface area (Å²) < 4.78 is 6.97. The molecule has 0 aliphatic heterocycles. The van der Waals surface area contributed by atoms with E-state index >= 15 is 0 Å².